The van der Waals surface area contributed by atoms with Gasteiger partial charge < -0.3 is 54.9 Å². The van der Waals surface area contributed by atoms with Gasteiger partial charge in [-0.3, -0.25) is 14.4 Å². The first-order chi connectivity index (χ1) is 29.2. The minimum atomic E-state index is -2.59. The molecule has 10 atom stereocenters. The predicted molar refractivity (Wildman–Crippen MR) is 227 cm³/mol. The second-order valence-corrected chi connectivity index (χ2v) is 21.9. The molecule has 0 radical (unpaired) electrons. The van der Waals surface area contributed by atoms with Crippen LogP contribution in [0.5, 0.6) is 5.75 Å². The Kier molecular flexibility index (Phi) is 11.7. The average molecular weight is 852 g/mol. The summed E-state index contributed by atoms with van der Waals surface area (Å²) in [6.45, 7) is 6.86. The van der Waals surface area contributed by atoms with Crippen molar-refractivity contribution in [2.45, 2.75) is 99.9 Å². The minimum absolute atomic E-state index is 0.0195. The number of methoxy groups -OCH3 is 1. The lowest BCUT2D eigenvalue weighted by Gasteiger charge is -2.39. The van der Waals surface area contributed by atoms with Gasteiger partial charge >= 0.3 is 0 Å². The number of fused-ring (bicyclic) bond motifs is 3. The van der Waals surface area contributed by atoms with E-state index in [1.165, 1.54) is 0 Å². The van der Waals surface area contributed by atoms with E-state index < -0.39 is 62.4 Å². The Hall–Kier alpha value is -4.97. The summed E-state index contributed by atoms with van der Waals surface area (Å²) >= 11 is 0. The monoisotopic (exact) mass is 851 g/mol. The number of anilines is 2. The molecule has 3 amide bonds. The highest BCUT2D eigenvalue weighted by molar-refractivity contribution is 6.91. The van der Waals surface area contributed by atoms with Crippen molar-refractivity contribution in [3.63, 3.8) is 0 Å². The molecule has 2 fully saturated rings. The summed E-state index contributed by atoms with van der Waals surface area (Å²) in [7, 11) is -0.965. The molecule has 0 aromatic heterocycles. The maximum absolute atomic E-state index is 15.3. The smallest absolute Gasteiger partial charge is 0.264 e. The van der Waals surface area contributed by atoms with Crippen molar-refractivity contribution in [3.8, 4) is 5.75 Å². The van der Waals surface area contributed by atoms with Crippen LogP contribution in [-0.2, 0) is 49.0 Å². The van der Waals surface area contributed by atoms with Crippen LogP contribution in [0.4, 0.5) is 11.4 Å². The number of aliphatic hydroxyl groups excluding tert-OH is 5. The van der Waals surface area contributed by atoms with E-state index in [-0.39, 0.29) is 42.8 Å². The van der Waals surface area contributed by atoms with Gasteiger partial charge in [-0.1, -0.05) is 91.9 Å². The third-order valence-electron chi connectivity index (χ3n) is 13.4. The number of para-hydroxylation sites is 1. The third kappa shape index (κ3) is 7.46. The fourth-order valence-electron chi connectivity index (χ4n) is 10.2. The van der Waals surface area contributed by atoms with Crippen LogP contribution in [0.25, 0.3) is 0 Å². The summed E-state index contributed by atoms with van der Waals surface area (Å²) in [5, 5.41) is 54.6. The number of nitrogens with one attached hydrogen (secondary N) is 1. The first-order valence-electron chi connectivity index (χ1n) is 20.7. The van der Waals surface area contributed by atoms with Gasteiger partial charge in [-0.2, -0.15) is 0 Å². The minimum Gasteiger partial charge on any atom is -0.497 e. The van der Waals surface area contributed by atoms with Crippen molar-refractivity contribution in [2.24, 2.45) is 5.92 Å². The molecule has 6 N–H and O–H groups in total. The van der Waals surface area contributed by atoms with Crippen LogP contribution in [0, 0.1) is 5.92 Å². The lowest BCUT2D eigenvalue weighted by molar-refractivity contribution is -0.274. The number of rotatable bonds is 10. The fraction of sp³-hybridized carbons (Fsp3) is 0.413. The van der Waals surface area contributed by atoms with Gasteiger partial charge in [0.15, 0.2) is 18.0 Å². The topological polar surface area (TPSA) is 199 Å². The summed E-state index contributed by atoms with van der Waals surface area (Å²) in [5.41, 5.74) is 2.84. The van der Waals surface area contributed by atoms with E-state index in [4.69, 9.17) is 14.2 Å². The molecule has 4 aliphatic rings. The highest BCUT2D eigenvalue weighted by Gasteiger charge is 2.66. The van der Waals surface area contributed by atoms with Gasteiger partial charge in [0, 0.05) is 23.7 Å². The highest BCUT2D eigenvalue weighted by Crippen LogP contribution is 2.60. The first kappa shape index (κ1) is 42.7. The molecule has 1 spiro atoms. The number of ether oxygens (including phenoxy) is 3. The van der Waals surface area contributed by atoms with Crippen molar-refractivity contribution in [1.82, 2.24) is 4.90 Å². The summed E-state index contributed by atoms with van der Waals surface area (Å²) in [6.07, 6.45) is -9.01. The van der Waals surface area contributed by atoms with Gasteiger partial charge in [0.2, 0.25) is 5.91 Å². The number of nitrogens with zero attached hydrogens (tertiary/aromatic N) is 2. The van der Waals surface area contributed by atoms with Crippen LogP contribution in [0.3, 0.4) is 0 Å². The number of carbonyl (C=O) groups excluding carboxylic acids is 3. The summed E-state index contributed by atoms with van der Waals surface area (Å²) in [4.78, 5) is 46.6. The molecule has 0 aliphatic carbocycles. The molecule has 4 aliphatic heterocycles. The number of hydrogen-bond acceptors (Lipinski definition) is 11. The average Bonchev–Trinajstić information content (AvgIpc) is 3.69. The van der Waals surface area contributed by atoms with Crippen LogP contribution in [0.1, 0.15) is 35.6 Å². The van der Waals surface area contributed by atoms with Gasteiger partial charge in [-0.15, -0.1) is 0 Å². The van der Waals surface area contributed by atoms with E-state index in [0.29, 0.717) is 35.5 Å². The Morgan fingerprint density at radius 1 is 0.902 bits per heavy atom. The van der Waals surface area contributed by atoms with Crippen LogP contribution in [-0.4, -0.2) is 113 Å². The van der Waals surface area contributed by atoms with Crippen molar-refractivity contribution in [1.29, 1.82) is 0 Å². The zero-order valence-electron chi connectivity index (χ0n) is 34.5. The van der Waals surface area contributed by atoms with Crippen molar-refractivity contribution in [2.75, 3.05) is 23.9 Å². The van der Waals surface area contributed by atoms with Crippen molar-refractivity contribution < 1.29 is 54.1 Å². The van der Waals surface area contributed by atoms with Crippen LogP contribution in [0.15, 0.2) is 97.1 Å². The maximum Gasteiger partial charge on any atom is 0.264 e. The van der Waals surface area contributed by atoms with E-state index in [0.717, 1.165) is 22.1 Å². The molecule has 322 valence electrons. The largest absolute Gasteiger partial charge is 0.497 e. The number of hydrogen-bond donors (Lipinski definition) is 6. The number of aliphatic hydroxyl groups is 5. The summed E-state index contributed by atoms with van der Waals surface area (Å²) in [6, 6.07) is 29.9. The number of benzene rings is 4. The molecule has 0 unspecified atom stereocenters. The lowest BCUT2D eigenvalue weighted by atomic mass is 9.82. The Morgan fingerprint density at radius 3 is 2.33 bits per heavy atom. The third-order valence-corrected chi connectivity index (χ3v) is 17.7. The first-order valence-corrected chi connectivity index (χ1v) is 23.8. The summed E-state index contributed by atoms with van der Waals surface area (Å²) < 4.78 is 17.8. The Bertz CT molecular complexity index is 2290. The molecule has 4 aromatic rings. The van der Waals surface area contributed by atoms with E-state index in [2.05, 4.69) is 37.5 Å². The quantitative estimate of drug-likeness (QED) is 0.128. The van der Waals surface area contributed by atoms with Crippen LogP contribution < -0.4 is 20.1 Å². The van der Waals surface area contributed by atoms with Gasteiger partial charge in [0.25, 0.3) is 11.8 Å². The Balaban J connectivity index is 1.11. The highest BCUT2D eigenvalue weighted by atomic mass is 28.3. The van der Waals surface area contributed by atoms with Crippen molar-refractivity contribution in [3.05, 3.63) is 119 Å². The van der Waals surface area contributed by atoms with Crippen molar-refractivity contribution >= 4 is 42.4 Å². The Labute approximate surface area is 355 Å². The molecule has 15 heteroatoms. The van der Waals surface area contributed by atoms with E-state index in [1.807, 2.05) is 66.7 Å². The lowest BCUT2D eigenvalue weighted by Crippen LogP contribution is -2.60. The fourth-order valence-corrected chi connectivity index (χ4v) is 14.2. The maximum atomic E-state index is 15.3. The number of carbonyl (C=O) groups is 3. The molecule has 0 bridgehead atoms. The second kappa shape index (κ2) is 16.7. The molecule has 14 nitrogen and oxygen atoms in total. The molecule has 2 saturated heterocycles. The van der Waals surface area contributed by atoms with Gasteiger partial charge in [0.05, 0.1) is 52.6 Å². The number of amides is 3. The van der Waals surface area contributed by atoms with Crippen LogP contribution in [0.2, 0.25) is 18.6 Å². The van der Waals surface area contributed by atoms with Gasteiger partial charge in [-0.25, -0.2) is 0 Å². The molecule has 8 rings (SSSR count). The molecule has 0 saturated carbocycles. The van der Waals surface area contributed by atoms with Crippen LogP contribution >= 0.6 is 0 Å². The zero-order valence-corrected chi connectivity index (χ0v) is 35.5. The van der Waals surface area contributed by atoms with E-state index >= 15 is 4.79 Å². The SMILES string of the molecule is COc1ccc([Si](C)(C)[C@H]2[C@H](CC(=O)N3Cc4ccccc4C[C@H]3CO)O[C@@]3(C(=O)N(Cc4cccc(NC(=O)[C@H]5O[C@@H](O)[C@H](O)[C@@H](O)[C@@H]5O)c4)c4ccccc43)[C@@H]2C)cc1. The zero-order chi connectivity index (χ0) is 43.4. The molecule has 61 heavy (non-hydrogen) atoms. The standard InChI is InChI=1S/C46H53N3O11Si/c1-26-42(61(3,4)33-18-16-32(58-2)17-19-33)36(22-37(51)48-24-29-12-6-5-11-28(29)21-31(48)25-50)60-46(26)34-14-7-8-15-35(34)49(45(46)57)23-27-10-9-13-30(20-27)47-43(55)41-39(53)38(52)40(54)44(56)59-41/h5-20,26,31,36,38-42,44,50,52-54,56H,21-25H2,1-4H3,(H,47,55)/t26-,31+,36+,38+,39+,40-,41+,42-,44-,46+/m1/s1. The molecular weight excluding hydrogens is 799 g/mol. The molecule has 4 aromatic carbocycles. The van der Waals surface area contributed by atoms with Gasteiger partial charge in [0.1, 0.15) is 24.1 Å². The molecular formula is C46H53N3O11Si. The van der Waals surface area contributed by atoms with Gasteiger partial charge in [-0.05, 0) is 59.0 Å². The summed E-state index contributed by atoms with van der Waals surface area (Å²) in [5.74, 6) is -0.910. The van der Waals surface area contributed by atoms with E-state index in [9.17, 15) is 35.1 Å². The Morgan fingerprint density at radius 2 is 1.61 bits per heavy atom. The molecule has 4 heterocycles. The predicted octanol–water partition coefficient (Wildman–Crippen LogP) is 2.53. The normalized spacial score (nSPS) is 29.7. The van der Waals surface area contributed by atoms with E-state index in [1.54, 1.807) is 35.1 Å². The second-order valence-electron chi connectivity index (χ2n) is 17.2.